The van der Waals surface area contributed by atoms with Crippen molar-refractivity contribution in [3.05, 3.63) is 87.5 Å². The molecule has 0 fully saturated rings. The number of ketones is 1. The van der Waals surface area contributed by atoms with Crippen LogP contribution in [0.25, 0.3) is 0 Å². The molecule has 3 aromatic rings. The summed E-state index contributed by atoms with van der Waals surface area (Å²) in [6, 6.07) is 11.2. The minimum atomic E-state index is -0.848. The van der Waals surface area contributed by atoms with E-state index in [4.69, 9.17) is 16.3 Å². The smallest absolute Gasteiger partial charge is 0.354 e. The molecule has 0 saturated carbocycles. The summed E-state index contributed by atoms with van der Waals surface area (Å²) < 4.78 is 4.79. The first-order valence-electron chi connectivity index (χ1n) is 10.0. The molecule has 0 aliphatic heterocycles. The van der Waals surface area contributed by atoms with Gasteiger partial charge in [-0.1, -0.05) is 29.8 Å². The van der Waals surface area contributed by atoms with Gasteiger partial charge in [0, 0.05) is 17.5 Å². The molecule has 0 aliphatic rings. The molecule has 1 N–H and O–H groups in total. The molecule has 1 unspecified atom stereocenters. The van der Waals surface area contributed by atoms with Crippen LogP contribution in [0.15, 0.2) is 48.7 Å². The average molecular weight is 454 g/mol. The van der Waals surface area contributed by atoms with Crippen molar-refractivity contribution < 1.29 is 19.1 Å². The number of aromatic nitrogens is 2. The summed E-state index contributed by atoms with van der Waals surface area (Å²) in [6.45, 7) is 5.15. The summed E-state index contributed by atoms with van der Waals surface area (Å²) in [5.74, 6) is -1.25. The number of amides is 1. The molecule has 1 atom stereocenters. The maximum absolute atomic E-state index is 13.5. The van der Waals surface area contributed by atoms with Gasteiger partial charge in [-0.3, -0.25) is 14.6 Å². The van der Waals surface area contributed by atoms with Crippen LogP contribution < -0.4 is 0 Å². The van der Waals surface area contributed by atoms with Crippen LogP contribution in [0.2, 0.25) is 5.02 Å². The highest BCUT2D eigenvalue weighted by Crippen LogP contribution is 2.25. The molecule has 3 rings (SSSR count). The highest BCUT2D eigenvalue weighted by molar-refractivity contribution is 6.33. The second-order valence-corrected chi connectivity index (χ2v) is 7.80. The third-order valence-corrected chi connectivity index (χ3v) is 5.67. The minimum absolute atomic E-state index is 0.115. The van der Waals surface area contributed by atoms with Gasteiger partial charge in [-0.15, -0.1) is 0 Å². The summed E-state index contributed by atoms with van der Waals surface area (Å²) in [5, 5.41) is 0.296. The Balaban J connectivity index is 2.02. The second kappa shape index (κ2) is 9.78. The summed E-state index contributed by atoms with van der Waals surface area (Å²) in [5.41, 5.74) is 2.51. The number of hydrogen-bond acceptors (Lipinski definition) is 5. The molecule has 7 nitrogen and oxygen atoms in total. The molecule has 32 heavy (non-hydrogen) atoms. The Morgan fingerprint density at radius 1 is 1.12 bits per heavy atom. The molecule has 2 aromatic heterocycles. The van der Waals surface area contributed by atoms with Crippen LogP contribution in [0.4, 0.5) is 0 Å². The average Bonchev–Trinajstić information content (AvgIpc) is 3.10. The zero-order valence-electron chi connectivity index (χ0n) is 18.3. The van der Waals surface area contributed by atoms with Crippen molar-refractivity contribution in [2.75, 3.05) is 7.11 Å². The standard InChI is InChI=1S/C24H24ClN3O4/c1-14-20(15(2)27-21(14)24(31)32-4)22(29)16(3)28(13-17-9-7-8-12-26-17)23(30)18-10-5-6-11-19(18)25/h5-12,16,27H,13H2,1-4H3. The van der Waals surface area contributed by atoms with Gasteiger partial charge in [-0.05, 0) is 50.6 Å². The number of H-pyrrole nitrogens is 1. The Morgan fingerprint density at radius 3 is 2.44 bits per heavy atom. The van der Waals surface area contributed by atoms with Crippen LogP contribution in [0, 0.1) is 13.8 Å². The van der Waals surface area contributed by atoms with Gasteiger partial charge in [0.25, 0.3) is 5.91 Å². The van der Waals surface area contributed by atoms with Crippen molar-refractivity contribution >= 4 is 29.3 Å². The number of aromatic amines is 1. The van der Waals surface area contributed by atoms with E-state index in [9.17, 15) is 14.4 Å². The van der Waals surface area contributed by atoms with E-state index in [0.717, 1.165) is 0 Å². The minimum Gasteiger partial charge on any atom is -0.464 e. The van der Waals surface area contributed by atoms with Crippen LogP contribution in [-0.4, -0.2) is 45.7 Å². The Labute approximate surface area is 191 Å². The van der Waals surface area contributed by atoms with Crippen molar-refractivity contribution in [2.45, 2.75) is 33.4 Å². The first-order chi connectivity index (χ1) is 15.3. The third-order valence-electron chi connectivity index (χ3n) is 5.34. The predicted octanol–water partition coefficient (Wildman–Crippen LogP) is 4.38. The monoisotopic (exact) mass is 453 g/mol. The molecule has 1 aromatic carbocycles. The topological polar surface area (TPSA) is 92.4 Å². The molecule has 2 heterocycles. The van der Waals surface area contributed by atoms with Crippen LogP contribution in [-0.2, 0) is 11.3 Å². The van der Waals surface area contributed by atoms with Crippen molar-refractivity contribution in [3.63, 3.8) is 0 Å². The Morgan fingerprint density at radius 2 is 1.81 bits per heavy atom. The van der Waals surface area contributed by atoms with Gasteiger partial charge in [0.05, 0.1) is 36.0 Å². The number of methoxy groups -OCH3 is 1. The van der Waals surface area contributed by atoms with Crippen LogP contribution in [0.1, 0.15) is 55.1 Å². The lowest BCUT2D eigenvalue weighted by molar-refractivity contribution is 0.0591. The van der Waals surface area contributed by atoms with Crippen LogP contribution in [0.5, 0.6) is 0 Å². The lowest BCUT2D eigenvalue weighted by atomic mass is 9.99. The molecule has 0 radical (unpaired) electrons. The molecule has 0 spiro atoms. The normalized spacial score (nSPS) is 11.7. The molecule has 166 valence electrons. The molecule has 1 amide bonds. The molecule has 0 aliphatic carbocycles. The van der Waals surface area contributed by atoms with Crippen molar-refractivity contribution in [2.24, 2.45) is 0 Å². The summed E-state index contributed by atoms with van der Waals surface area (Å²) in [4.78, 5) is 47.7. The fourth-order valence-electron chi connectivity index (χ4n) is 3.62. The van der Waals surface area contributed by atoms with E-state index in [0.29, 0.717) is 33.1 Å². The largest absolute Gasteiger partial charge is 0.464 e. The molecule has 8 heteroatoms. The highest BCUT2D eigenvalue weighted by atomic mass is 35.5. The number of aryl methyl sites for hydroxylation is 1. The predicted molar refractivity (Wildman–Crippen MR) is 121 cm³/mol. The van der Waals surface area contributed by atoms with Gasteiger partial charge in [0.2, 0.25) is 0 Å². The van der Waals surface area contributed by atoms with Gasteiger partial charge >= 0.3 is 5.97 Å². The quantitative estimate of drug-likeness (QED) is 0.423. The number of halogens is 1. The van der Waals surface area contributed by atoms with Crippen molar-refractivity contribution in [3.8, 4) is 0 Å². The van der Waals surface area contributed by atoms with E-state index in [1.54, 1.807) is 63.4 Å². The molecular formula is C24H24ClN3O4. The highest BCUT2D eigenvalue weighted by Gasteiger charge is 2.32. The number of ether oxygens (including phenoxy) is 1. The van der Waals surface area contributed by atoms with Crippen LogP contribution >= 0.6 is 11.6 Å². The number of nitrogens with one attached hydrogen (secondary N) is 1. The zero-order chi connectivity index (χ0) is 23.4. The van der Waals surface area contributed by atoms with Gasteiger partial charge in [0.1, 0.15) is 5.69 Å². The van der Waals surface area contributed by atoms with E-state index in [1.165, 1.54) is 12.0 Å². The molecular weight excluding hydrogens is 430 g/mol. The maximum Gasteiger partial charge on any atom is 0.354 e. The number of esters is 1. The maximum atomic E-state index is 13.5. The number of nitrogens with zero attached hydrogens (tertiary/aromatic N) is 2. The summed E-state index contributed by atoms with van der Waals surface area (Å²) >= 11 is 6.27. The number of pyridine rings is 1. The number of benzene rings is 1. The van der Waals surface area contributed by atoms with E-state index in [1.807, 2.05) is 6.07 Å². The van der Waals surface area contributed by atoms with Gasteiger partial charge in [-0.25, -0.2) is 4.79 Å². The third kappa shape index (κ3) is 4.57. The van der Waals surface area contributed by atoms with E-state index in [-0.39, 0.29) is 23.9 Å². The number of carbonyl (C=O) groups excluding carboxylic acids is 3. The van der Waals surface area contributed by atoms with Gasteiger partial charge in [0.15, 0.2) is 5.78 Å². The van der Waals surface area contributed by atoms with Crippen molar-refractivity contribution in [1.29, 1.82) is 0 Å². The summed E-state index contributed by atoms with van der Waals surface area (Å²) in [6.07, 6.45) is 1.63. The molecule has 0 bridgehead atoms. The Kier molecular flexibility index (Phi) is 7.10. The van der Waals surface area contributed by atoms with E-state index < -0.39 is 12.0 Å². The van der Waals surface area contributed by atoms with Gasteiger partial charge < -0.3 is 14.6 Å². The number of hydrogen-bond donors (Lipinski definition) is 1. The lowest BCUT2D eigenvalue weighted by Crippen LogP contribution is -2.43. The van der Waals surface area contributed by atoms with Crippen LogP contribution in [0.3, 0.4) is 0 Å². The van der Waals surface area contributed by atoms with Crippen molar-refractivity contribution in [1.82, 2.24) is 14.9 Å². The first-order valence-corrected chi connectivity index (χ1v) is 10.4. The second-order valence-electron chi connectivity index (χ2n) is 7.39. The zero-order valence-corrected chi connectivity index (χ0v) is 19.1. The first kappa shape index (κ1) is 23.2. The van der Waals surface area contributed by atoms with Gasteiger partial charge in [-0.2, -0.15) is 0 Å². The van der Waals surface area contributed by atoms with E-state index >= 15 is 0 Å². The summed E-state index contributed by atoms with van der Waals surface area (Å²) in [7, 11) is 1.28. The molecule has 0 saturated heterocycles. The fraction of sp³-hybridized carbons (Fsp3) is 0.250. The Bertz CT molecular complexity index is 1160. The number of rotatable bonds is 7. The Hall–Kier alpha value is -3.45. The lowest BCUT2D eigenvalue weighted by Gasteiger charge is -2.29. The SMILES string of the molecule is COC(=O)c1[nH]c(C)c(C(=O)C(C)N(Cc2ccccn2)C(=O)c2ccccc2Cl)c1C. The number of carbonyl (C=O) groups is 3. The fourth-order valence-corrected chi connectivity index (χ4v) is 3.83. The number of Topliss-reactive ketones (excluding diaryl/α,β-unsaturated/α-hetero) is 1. The van der Waals surface area contributed by atoms with E-state index in [2.05, 4.69) is 9.97 Å².